The van der Waals surface area contributed by atoms with Crippen LogP contribution in [0.5, 0.6) is 11.5 Å². The number of hydrogen-bond donors (Lipinski definition) is 4. The minimum atomic E-state index is -1.25. The van der Waals surface area contributed by atoms with Crippen molar-refractivity contribution in [2.45, 2.75) is 6.54 Å². The Morgan fingerprint density at radius 2 is 1.83 bits per heavy atom. The van der Waals surface area contributed by atoms with Crippen LogP contribution in [0.4, 0.5) is 4.79 Å². The summed E-state index contributed by atoms with van der Waals surface area (Å²) in [4.78, 5) is 22.9. The molecule has 0 unspecified atom stereocenters. The molecule has 24 heavy (non-hydrogen) atoms. The van der Waals surface area contributed by atoms with E-state index in [4.69, 9.17) is 27.8 Å². The van der Waals surface area contributed by atoms with Crippen molar-refractivity contribution in [3.63, 3.8) is 0 Å². The minimum Gasteiger partial charge on any atom is -0.507 e. The van der Waals surface area contributed by atoms with Gasteiger partial charge in [0, 0.05) is 12.1 Å². The molecule has 2 aromatic carbocycles. The van der Waals surface area contributed by atoms with Crippen molar-refractivity contribution in [2.24, 2.45) is 5.73 Å². The normalized spacial score (nSPS) is 10.0. The molecule has 0 atom stereocenters. The molecule has 2 aromatic rings. The number of carboxylic acid groups (broad SMARTS) is 1. The third kappa shape index (κ3) is 4.43. The lowest BCUT2D eigenvalue weighted by Crippen LogP contribution is -2.26. The molecule has 1 amide bonds. The summed E-state index contributed by atoms with van der Waals surface area (Å²) >= 11 is 4.82. The van der Waals surface area contributed by atoms with Crippen LogP contribution >= 0.6 is 12.2 Å². The predicted molar refractivity (Wildman–Crippen MR) is 90.3 cm³/mol. The second-order valence-electron chi connectivity index (χ2n) is 4.79. The highest BCUT2D eigenvalue weighted by atomic mass is 32.1. The number of amides is 1. The quantitative estimate of drug-likeness (QED) is 0.611. The van der Waals surface area contributed by atoms with Gasteiger partial charge in [-0.3, -0.25) is 0 Å². The summed E-state index contributed by atoms with van der Waals surface area (Å²) < 4.78 is 5.07. The Morgan fingerprint density at radius 1 is 1.17 bits per heavy atom. The average molecular weight is 346 g/mol. The lowest BCUT2D eigenvalue weighted by molar-refractivity contribution is 0.0693. The largest absolute Gasteiger partial charge is 0.507 e. The highest BCUT2D eigenvalue weighted by molar-refractivity contribution is 7.80. The molecule has 0 bridgehead atoms. The summed E-state index contributed by atoms with van der Waals surface area (Å²) in [5, 5.41) is 20.8. The van der Waals surface area contributed by atoms with E-state index in [1.54, 1.807) is 24.3 Å². The fraction of sp³-hybridized carbons (Fsp3) is 0.0625. The van der Waals surface area contributed by atoms with Crippen LogP contribution in [0.1, 0.15) is 21.5 Å². The van der Waals surface area contributed by atoms with Gasteiger partial charge in [0.25, 0.3) is 0 Å². The minimum absolute atomic E-state index is 0.0460. The standard InChI is InChI=1S/C16H14N2O5S/c17-14(24)10-2-4-11(5-3-10)23-16(22)18-8-9-1-6-13(19)12(7-9)15(20)21/h1-7,19H,8H2,(H2,17,24)(H,18,22)(H,20,21). The van der Waals surface area contributed by atoms with E-state index in [0.717, 1.165) is 0 Å². The highest BCUT2D eigenvalue weighted by Crippen LogP contribution is 2.18. The van der Waals surface area contributed by atoms with Gasteiger partial charge in [-0.15, -0.1) is 0 Å². The van der Waals surface area contributed by atoms with Crippen molar-refractivity contribution < 1.29 is 24.5 Å². The fourth-order valence-electron chi connectivity index (χ4n) is 1.87. The number of rotatable bonds is 5. The summed E-state index contributed by atoms with van der Waals surface area (Å²) in [6.07, 6.45) is -0.706. The number of nitrogens with two attached hydrogens (primary N) is 1. The molecule has 124 valence electrons. The first-order chi connectivity index (χ1) is 11.4. The molecule has 5 N–H and O–H groups in total. The molecule has 0 saturated carbocycles. The first-order valence-corrected chi connectivity index (χ1v) is 7.18. The van der Waals surface area contributed by atoms with Crippen molar-refractivity contribution >= 4 is 29.3 Å². The SMILES string of the molecule is NC(=S)c1ccc(OC(=O)NCc2ccc(O)c(C(=O)O)c2)cc1. The van der Waals surface area contributed by atoms with Crippen LogP contribution in [-0.2, 0) is 6.54 Å². The zero-order valence-corrected chi connectivity index (χ0v) is 13.2. The van der Waals surface area contributed by atoms with Crippen molar-refractivity contribution in [1.82, 2.24) is 5.32 Å². The van der Waals surface area contributed by atoms with E-state index in [1.165, 1.54) is 18.2 Å². The first kappa shape index (κ1) is 17.2. The summed E-state index contributed by atoms with van der Waals surface area (Å²) in [6.45, 7) is 0.0460. The van der Waals surface area contributed by atoms with Crippen LogP contribution in [0.15, 0.2) is 42.5 Å². The fourth-order valence-corrected chi connectivity index (χ4v) is 2.01. The molecule has 0 aliphatic rings. The molecule has 0 saturated heterocycles. The van der Waals surface area contributed by atoms with Gasteiger partial charge in [-0.25, -0.2) is 9.59 Å². The van der Waals surface area contributed by atoms with E-state index >= 15 is 0 Å². The third-order valence-corrected chi connectivity index (χ3v) is 3.31. The van der Waals surface area contributed by atoms with Crippen molar-refractivity contribution in [2.75, 3.05) is 0 Å². The molecule has 2 rings (SSSR count). The van der Waals surface area contributed by atoms with Crippen LogP contribution < -0.4 is 15.8 Å². The molecule has 0 aromatic heterocycles. The van der Waals surface area contributed by atoms with Gasteiger partial charge in [0.2, 0.25) is 0 Å². The predicted octanol–water partition coefficient (Wildman–Crippen LogP) is 2.01. The van der Waals surface area contributed by atoms with Crippen LogP contribution in [0.3, 0.4) is 0 Å². The Balaban J connectivity index is 1.94. The van der Waals surface area contributed by atoms with Crippen LogP contribution in [0.25, 0.3) is 0 Å². The number of thiocarbonyl (C=S) groups is 1. The van der Waals surface area contributed by atoms with Gasteiger partial charge in [-0.1, -0.05) is 18.3 Å². The molecule has 0 aliphatic carbocycles. The van der Waals surface area contributed by atoms with E-state index in [9.17, 15) is 14.7 Å². The topological polar surface area (TPSA) is 122 Å². The van der Waals surface area contributed by atoms with Crippen molar-refractivity contribution in [3.8, 4) is 11.5 Å². The zero-order valence-electron chi connectivity index (χ0n) is 12.4. The number of aromatic carboxylic acids is 1. The number of ether oxygens (including phenoxy) is 1. The molecule has 7 nitrogen and oxygen atoms in total. The molecule has 0 spiro atoms. The Kier molecular flexibility index (Phi) is 5.33. The Labute approximate surface area is 142 Å². The Hall–Kier alpha value is -3.13. The number of carboxylic acids is 1. The smallest absolute Gasteiger partial charge is 0.412 e. The lowest BCUT2D eigenvalue weighted by Gasteiger charge is -2.08. The molecule has 0 heterocycles. The monoisotopic (exact) mass is 346 g/mol. The number of nitrogens with one attached hydrogen (secondary N) is 1. The Bertz CT molecular complexity index is 790. The molecule has 0 fully saturated rings. The average Bonchev–Trinajstić information content (AvgIpc) is 2.54. The maximum atomic E-state index is 11.7. The van der Waals surface area contributed by atoms with E-state index in [0.29, 0.717) is 16.9 Å². The number of aromatic hydroxyl groups is 1. The lowest BCUT2D eigenvalue weighted by atomic mass is 10.1. The number of phenols is 1. The molecular formula is C16H14N2O5S. The molecular weight excluding hydrogens is 332 g/mol. The maximum Gasteiger partial charge on any atom is 0.412 e. The van der Waals surface area contributed by atoms with E-state index < -0.39 is 12.1 Å². The maximum absolute atomic E-state index is 11.7. The summed E-state index contributed by atoms with van der Waals surface area (Å²) in [5.74, 6) is -1.29. The first-order valence-electron chi connectivity index (χ1n) is 6.77. The third-order valence-electron chi connectivity index (χ3n) is 3.08. The molecule has 0 aliphatic heterocycles. The van der Waals surface area contributed by atoms with Gasteiger partial charge < -0.3 is 26.0 Å². The molecule has 0 radical (unpaired) electrons. The van der Waals surface area contributed by atoms with Gasteiger partial charge in [-0.05, 0) is 42.0 Å². The van der Waals surface area contributed by atoms with Gasteiger partial charge in [-0.2, -0.15) is 0 Å². The van der Waals surface area contributed by atoms with Gasteiger partial charge in [0.1, 0.15) is 22.1 Å². The van der Waals surface area contributed by atoms with Gasteiger partial charge in [0.05, 0.1) is 0 Å². The van der Waals surface area contributed by atoms with Gasteiger partial charge in [0.15, 0.2) is 0 Å². The van der Waals surface area contributed by atoms with E-state index in [-0.39, 0.29) is 22.8 Å². The summed E-state index contributed by atoms with van der Waals surface area (Å²) in [7, 11) is 0. The van der Waals surface area contributed by atoms with Crippen LogP contribution in [0, 0.1) is 0 Å². The summed E-state index contributed by atoms with van der Waals surface area (Å²) in [6, 6.07) is 10.4. The van der Waals surface area contributed by atoms with Crippen molar-refractivity contribution in [1.29, 1.82) is 0 Å². The zero-order chi connectivity index (χ0) is 17.7. The highest BCUT2D eigenvalue weighted by Gasteiger charge is 2.11. The Morgan fingerprint density at radius 3 is 2.42 bits per heavy atom. The van der Waals surface area contributed by atoms with E-state index in [2.05, 4.69) is 5.32 Å². The van der Waals surface area contributed by atoms with Crippen molar-refractivity contribution in [3.05, 3.63) is 59.2 Å². The van der Waals surface area contributed by atoms with E-state index in [1.807, 2.05) is 0 Å². The number of carbonyl (C=O) groups is 2. The summed E-state index contributed by atoms with van der Waals surface area (Å²) in [5.41, 5.74) is 6.39. The second-order valence-corrected chi connectivity index (χ2v) is 5.23. The van der Waals surface area contributed by atoms with Crippen LogP contribution in [-0.4, -0.2) is 27.3 Å². The molecule has 8 heteroatoms. The van der Waals surface area contributed by atoms with Gasteiger partial charge >= 0.3 is 12.1 Å². The van der Waals surface area contributed by atoms with Crippen LogP contribution in [0.2, 0.25) is 0 Å². The number of benzene rings is 2. The number of carbonyl (C=O) groups excluding carboxylic acids is 1. The number of hydrogen-bond acceptors (Lipinski definition) is 5. The second kappa shape index (κ2) is 7.42.